The molecule has 0 amide bonds. The molecule has 0 atom stereocenters. The van der Waals surface area contributed by atoms with Crippen molar-refractivity contribution in [2.45, 2.75) is 0 Å². The first kappa shape index (κ1) is 13.6. The lowest BCUT2D eigenvalue weighted by atomic mass is 10.1. The average Bonchev–Trinajstić information content (AvgIpc) is 2.98. The van der Waals surface area contributed by atoms with Gasteiger partial charge in [0.2, 0.25) is 5.88 Å². The maximum absolute atomic E-state index is 5.20. The SMILES string of the molecule is COc1ccc(-c2ccc3[nH]c4nc(OC)ccc4c3n2)cc1. The molecule has 0 bridgehead atoms. The van der Waals surface area contributed by atoms with Gasteiger partial charge in [0.25, 0.3) is 0 Å². The molecule has 23 heavy (non-hydrogen) atoms. The number of aromatic nitrogens is 3. The highest BCUT2D eigenvalue weighted by molar-refractivity contribution is 6.04. The average molecular weight is 305 g/mol. The van der Waals surface area contributed by atoms with Crippen LogP contribution < -0.4 is 9.47 Å². The number of fused-ring (bicyclic) bond motifs is 3. The molecular weight excluding hydrogens is 290 g/mol. The number of pyridine rings is 2. The summed E-state index contributed by atoms with van der Waals surface area (Å²) in [6.07, 6.45) is 0. The smallest absolute Gasteiger partial charge is 0.214 e. The Kier molecular flexibility index (Phi) is 3.12. The Morgan fingerprint density at radius 1 is 0.826 bits per heavy atom. The van der Waals surface area contributed by atoms with Crippen LogP contribution in [-0.2, 0) is 0 Å². The molecule has 5 nitrogen and oxygen atoms in total. The Morgan fingerprint density at radius 2 is 1.65 bits per heavy atom. The molecule has 0 radical (unpaired) electrons. The first-order chi connectivity index (χ1) is 11.3. The number of nitrogens with zero attached hydrogens (tertiary/aromatic N) is 2. The number of hydrogen-bond donors (Lipinski definition) is 1. The van der Waals surface area contributed by atoms with Gasteiger partial charge in [-0.2, -0.15) is 4.98 Å². The lowest BCUT2D eigenvalue weighted by Crippen LogP contribution is -1.87. The molecule has 5 heteroatoms. The Bertz CT molecular complexity index is 990. The van der Waals surface area contributed by atoms with E-state index in [0.717, 1.165) is 39.1 Å². The van der Waals surface area contributed by atoms with Gasteiger partial charge in [0, 0.05) is 17.0 Å². The Balaban J connectivity index is 1.87. The number of methoxy groups -OCH3 is 2. The predicted molar refractivity (Wildman–Crippen MR) is 89.9 cm³/mol. The van der Waals surface area contributed by atoms with E-state index in [0.29, 0.717) is 5.88 Å². The molecule has 4 aromatic rings. The van der Waals surface area contributed by atoms with E-state index in [1.807, 2.05) is 48.5 Å². The lowest BCUT2D eigenvalue weighted by Gasteiger charge is -2.03. The number of H-pyrrole nitrogens is 1. The Hall–Kier alpha value is -3.08. The van der Waals surface area contributed by atoms with Gasteiger partial charge in [-0.25, -0.2) is 4.98 Å². The van der Waals surface area contributed by atoms with E-state index < -0.39 is 0 Å². The molecule has 0 spiro atoms. The van der Waals surface area contributed by atoms with Gasteiger partial charge in [-0.05, 0) is 42.5 Å². The summed E-state index contributed by atoms with van der Waals surface area (Å²) in [4.78, 5) is 12.5. The maximum atomic E-state index is 5.20. The highest BCUT2D eigenvalue weighted by Crippen LogP contribution is 2.28. The largest absolute Gasteiger partial charge is 0.497 e. The topological polar surface area (TPSA) is 60.0 Å². The Morgan fingerprint density at radius 3 is 2.39 bits per heavy atom. The fourth-order valence-electron chi connectivity index (χ4n) is 2.66. The van der Waals surface area contributed by atoms with E-state index in [9.17, 15) is 0 Å². The van der Waals surface area contributed by atoms with Crippen LogP contribution in [0, 0.1) is 0 Å². The van der Waals surface area contributed by atoms with Crippen molar-refractivity contribution in [3.63, 3.8) is 0 Å². The van der Waals surface area contributed by atoms with Gasteiger partial charge >= 0.3 is 0 Å². The van der Waals surface area contributed by atoms with Crippen molar-refractivity contribution >= 4 is 22.1 Å². The van der Waals surface area contributed by atoms with Crippen LogP contribution in [0.15, 0.2) is 48.5 Å². The van der Waals surface area contributed by atoms with Crippen LogP contribution in [0.5, 0.6) is 11.6 Å². The Labute approximate surface area is 132 Å². The zero-order chi connectivity index (χ0) is 15.8. The van der Waals surface area contributed by atoms with Crippen molar-refractivity contribution in [3.05, 3.63) is 48.5 Å². The highest BCUT2D eigenvalue weighted by atomic mass is 16.5. The van der Waals surface area contributed by atoms with Gasteiger partial charge in [-0.15, -0.1) is 0 Å². The van der Waals surface area contributed by atoms with Gasteiger partial charge in [0.05, 0.1) is 30.9 Å². The van der Waals surface area contributed by atoms with Crippen LogP contribution >= 0.6 is 0 Å². The van der Waals surface area contributed by atoms with E-state index in [4.69, 9.17) is 14.5 Å². The van der Waals surface area contributed by atoms with Gasteiger partial charge in [-0.3, -0.25) is 0 Å². The minimum atomic E-state index is 0.583. The van der Waals surface area contributed by atoms with Crippen LogP contribution in [-0.4, -0.2) is 29.2 Å². The quantitative estimate of drug-likeness (QED) is 0.625. The molecule has 0 aliphatic heterocycles. The zero-order valence-electron chi connectivity index (χ0n) is 12.8. The van der Waals surface area contributed by atoms with Crippen LogP contribution in [0.3, 0.4) is 0 Å². The third-order valence-electron chi connectivity index (χ3n) is 3.87. The van der Waals surface area contributed by atoms with E-state index in [1.54, 1.807) is 14.2 Å². The molecule has 0 aliphatic rings. The molecule has 0 aliphatic carbocycles. The molecule has 4 rings (SSSR count). The molecule has 1 aromatic carbocycles. The van der Waals surface area contributed by atoms with Gasteiger partial charge in [0.15, 0.2) is 0 Å². The number of nitrogens with one attached hydrogen (secondary N) is 1. The second kappa shape index (κ2) is 5.28. The van der Waals surface area contributed by atoms with Crippen LogP contribution in [0.25, 0.3) is 33.3 Å². The van der Waals surface area contributed by atoms with Gasteiger partial charge in [-0.1, -0.05) is 0 Å². The third-order valence-corrected chi connectivity index (χ3v) is 3.87. The predicted octanol–water partition coefficient (Wildman–Crippen LogP) is 3.80. The van der Waals surface area contributed by atoms with E-state index in [-0.39, 0.29) is 0 Å². The van der Waals surface area contributed by atoms with Crippen molar-refractivity contribution in [3.8, 4) is 22.9 Å². The number of benzene rings is 1. The summed E-state index contributed by atoms with van der Waals surface area (Å²) >= 11 is 0. The molecule has 3 heterocycles. The van der Waals surface area contributed by atoms with Crippen LogP contribution in [0.2, 0.25) is 0 Å². The second-order valence-electron chi connectivity index (χ2n) is 5.20. The normalized spacial score (nSPS) is 11.0. The van der Waals surface area contributed by atoms with Crippen molar-refractivity contribution < 1.29 is 9.47 Å². The fraction of sp³-hybridized carbons (Fsp3) is 0.111. The molecule has 1 N–H and O–H groups in total. The molecule has 114 valence electrons. The summed E-state index contributed by atoms with van der Waals surface area (Å²) < 4.78 is 10.4. The fourth-order valence-corrected chi connectivity index (χ4v) is 2.66. The summed E-state index contributed by atoms with van der Waals surface area (Å²) in [5.74, 6) is 1.41. The third kappa shape index (κ3) is 2.26. The van der Waals surface area contributed by atoms with Gasteiger partial charge < -0.3 is 14.5 Å². The van der Waals surface area contributed by atoms with Crippen molar-refractivity contribution in [2.75, 3.05) is 14.2 Å². The first-order valence-corrected chi connectivity index (χ1v) is 7.26. The summed E-state index contributed by atoms with van der Waals surface area (Å²) in [5, 5.41) is 0.983. The van der Waals surface area contributed by atoms with Crippen LogP contribution in [0.4, 0.5) is 0 Å². The van der Waals surface area contributed by atoms with Gasteiger partial charge in [0.1, 0.15) is 11.4 Å². The summed E-state index contributed by atoms with van der Waals surface area (Å²) in [7, 11) is 3.27. The monoisotopic (exact) mass is 305 g/mol. The molecule has 0 saturated heterocycles. The first-order valence-electron chi connectivity index (χ1n) is 7.26. The molecular formula is C18H15N3O2. The minimum Gasteiger partial charge on any atom is -0.497 e. The van der Waals surface area contributed by atoms with Crippen molar-refractivity contribution in [1.29, 1.82) is 0 Å². The standard InChI is InChI=1S/C18H15N3O2/c1-22-12-5-3-11(4-6-12)14-8-9-15-17(19-14)13-7-10-16(23-2)21-18(13)20-15/h3-10H,1-2H3,(H,20,21). The van der Waals surface area contributed by atoms with Crippen molar-refractivity contribution in [2.24, 2.45) is 0 Å². The number of ether oxygens (including phenoxy) is 2. The van der Waals surface area contributed by atoms with E-state index >= 15 is 0 Å². The summed E-state index contributed by atoms with van der Waals surface area (Å²) in [6, 6.07) is 15.7. The number of hydrogen-bond acceptors (Lipinski definition) is 4. The van der Waals surface area contributed by atoms with Crippen molar-refractivity contribution in [1.82, 2.24) is 15.0 Å². The number of aromatic amines is 1. The second-order valence-corrected chi connectivity index (χ2v) is 5.20. The molecule has 0 unspecified atom stereocenters. The minimum absolute atomic E-state index is 0.583. The van der Waals surface area contributed by atoms with E-state index in [2.05, 4.69) is 9.97 Å². The van der Waals surface area contributed by atoms with E-state index in [1.165, 1.54) is 0 Å². The molecule has 0 saturated carbocycles. The lowest BCUT2D eigenvalue weighted by molar-refractivity contribution is 0.399. The number of rotatable bonds is 3. The molecule has 3 aromatic heterocycles. The summed E-state index contributed by atoms with van der Waals surface area (Å²) in [5.41, 5.74) is 4.60. The van der Waals surface area contributed by atoms with Crippen LogP contribution in [0.1, 0.15) is 0 Å². The summed E-state index contributed by atoms with van der Waals surface area (Å²) in [6.45, 7) is 0. The highest BCUT2D eigenvalue weighted by Gasteiger charge is 2.09. The molecule has 0 fully saturated rings. The zero-order valence-corrected chi connectivity index (χ0v) is 12.8. The maximum Gasteiger partial charge on any atom is 0.214 e.